The number of hydrogen-bond acceptors (Lipinski definition) is 5. The molecular weight excluding hydrogens is 334 g/mol. The van der Waals surface area contributed by atoms with Crippen LogP contribution < -0.4 is 0 Å². The Morgan fingerprint density at radius 3 is 2.55 bits per heavy atom. The van der Waals surface area contributed by atoms with Crippen molar-refractivity contribution in [3.05, 3.63) is 11.1 Å². The second-order valence-electron chi connectivity index (χ2n) is 5.46. The van der Waals surface area contributed by atoms with Gasteiger partial charge in [-0.2, -0.15) is 11.8 Å². The van der Waals surface area contributed by atoms with E-state index in [-0.39, 0.29) is 5.25 Å². The van der Waals surface area contributed by atoms with Crippen LogP contribution in [0, 0.1) is 6.92 Å². The van der Waals surface area contributed by atoms with Gasteiger partial charge in [0.05, 0.1) is 0 Å². The van der Waals surface area contributed by atoms with Gasteiger partial charge in [-0.1, -0.05) is 57.2 Å². The zero-order chi connectivity index (χ0) is 16.4. The van der Waals surface area contributed by atoms with Crippen molar-refractivity contribution in [1.82, 2.24) is 4.98 Å². The summed E-state index contributed by atoms with van der Waals surface area (Å²) in [6, 6.07) is 0. The summed E-state index contributed by atoms with van der Waals surface area (Å²) in [4.78, 5) is 16.0. The van der Waals surface area contributed by atoms with Crippen molar-refractivity contribution in [3.8, 4) is 0 Å². The van der Waals surface area contributed by atoms with E-state index < -0.39 is 11.2 Å². The standard InChI is InChI=1S/C16H27NO2S3/c1-4-5-6-7-8-9-10-13(20-3)14(15(18)19)22-16-17-12(2)11-21-16/h11,13-14H,4-10H2,1-3H3,(H,18,19). The minimum atomic E-state index is -0.719. The summed E-state index contributed by atoms with van der Waals surface area (Å²) < 4.78 is 0.867. The number of thiazole rings is 1. The SMILES string of the molecule is CCCCCCCCC(SC)C(Sc1nc(C)cs1)C(=O)O. The number of carboxylic acids is 1. The number of hydrogen-bond donors (Lipinski definition) is 1. The van der Waals surface area contributed by atoms with Gasteiger partial charge in [0.1, 0.15) is 5.25 Å². The van der Waals surface area contributed by atoms with E-state index in [1.165, 1.54) is 55.2 Å². The van der Waals surface area contributed by atoms with Crippen LogP contribution in [0.4, 0.5) is 0 Å². The summed E-state index contributed by atoms with van der Waals surface area (Å²) >= 11 is 4.63. The molecule has 3 nitrogen and oxygen atoms in total. The van der Waals surface area contributed by atoms with Crippen LogP contribution >= 0.6 is 34.9 Å². The highest BCUT2D eigenvalue weighted by Gasteiger charge is 2.29. The number of rotatable bonds is 12. The van der Waals surface area contributed by atoms with Crippen molar-refractivity contribution in [2.24, 2.45) is 0 Å². The number of aryl methyl sites for hydroxylation is 1. The molecule has 1 aromatic rings. The van der Waals surface area contributed by atoms with Crippen molar-refractivity contribution < 1.29 is 9.90 Å². The van der Waals surface area contributed by atoms with Crippen LogP contribution in [-0.4, -0.2) is 32.8 Å². The lowest BCUT2D eigenvalue weighted by atomic mass is 10.1. The van der Waals surface area contributed by atoms with Crippen LogP contribution in [0.25, 0.3) is 0 Å². The molecule has 1 aromatic heterocycles. The van der Waals surface area contributed by atoms with E-state index in [1.54, 1.807) is 11.8 Å². The summed E-state index contributed by atoms with van der Waals surface area (Å²) in [7, 11) is 0. The maximum absolute atomic E-state index is 11.6. The van der Waals surface area contributed by atoms with Crippen LogP contribution in [0.1, 0.15) is 57.6 Å². The lowest BCUT2D eigenvalue weighted by Crippen LogP contribution is -2.28. The van der Waals surface area contributed by atoms with E-state index in [0.29, 0.717) is 0 Å². The summed E-state index contributed by atoms with van der Waals surface area (Å²) in [6.45, 7) is 4.16. The van der Waals surface area contributed by atoms with Gasteiger partial charge in [0, 0.05) is 16.3 Å². The van der Waals surface area contributed by atoms with Crippen LogP contribution in [0.15, 0.2) is 9.72 Å². The van der Waals surface area contributed by atoms with E-state index in [2.05, 4.69) is 11.9 Å². The number of carbonyl (C=O) groups is 1. The summed E-state index contributed by atoms with van der Waals surface area (Å²) in [5.74, 6) is -0.719. The molecule has 0 saturated heterocycles. The monoisotopic (exact) mass is 361 g/mol. The summed E-state index contributed by atoms with van der Waals surface area (Å²) in [6.07, 6.45) is 10.5. The van der Waals surface area contributed by atoms with Crippen LogP contribution in [0.5, 0.6) is 0 Å². The van der Waals surface area contributed by atoms with Gasteiger partial charge in [-0.3, -0.25) is 4.79 Å². The Kier molecular flexibility index (Phi) is 10.2. The number of nitrogens with zero attached hydrogens (tertiary/aromatic N) is 1. The van der Waals surface area contributed by atoms with Crippen molar-refractivity contribution in [2.75, 3.05) is 6.26 Å². The summed E-state index contributed by atoms with van der Waals surface area (Å²) in [5, 5.41) is 11.3. The molecule has 2 unspecified atom stereocenters. The maximum atomic E-state index is 11.6. The van der Waals surface area contributed by atoms with Gasteiger partial charge in [-0.15, -0.1) is 11.3 Å². The zero-order valence-electron chi connectivity index (χ0n) is 13.7. The Morgan fingerprint density at radius 1 is 1.32 bits per heavy atom. The molecule has 0 spiro atoms. The fraction of sp³-hybridized carbons (Fsp3) is 0.750. The topological polar surface area (TPSA) is 50.2 Å². The third-order valence-corrected chi connectivity index (χ3v) is 7.24. The molecule has 0 fully saturated rings. The third-order valence-electron chi connectivity index (χ3n) is 3.55. The first-order chi connectivity index (χ1) is 10.6. The van der Waals surface area contributed by atoms with Crippen molar-refractivity contribution in [1.29, 1.82) is 0 Å². The van der Waals surface area contributed by atoms with Crippen LogP contribution in [-0.2, 0) is 4.79 Å². The Bertz CT molecular complexity index is 437. The molecule has 1 N–H and O–H groups in total. The number of aliphatic carboxylic acids is 1. The van der Waals surface area contributed by atoms with Crippen LogP contribution in [0.3, 0.4) is 0 Å². The minimum Gasteiger partial charge on any atom is -0.480 e. The molecule has 2 atom stereocenters. The first kappa shape index (κ1) is 19.8. The van der Waals surface area contributed by atoms with Gasteiger partial charge in [-0.25, -0.2) is 4.98 Å². The van der Waals surface area contributed by atoms with E-state index in [0.717, 1.165) is 22.9 Å². The summed E-state index contributed by atoms with van der Waals surface area (Å²) in [5.41, 5.74) is 0.966. The molecule has 6 heteroatoms. The predicted octanol–water partition coefficient (Wildman–Crippen LogP) is 5.48. The van der Waals surface area contributed by atoms with Gasteiger partial charge in [0.25, 0.3) is 0 Å². The Labute approximate surface area is 146 Å². The molecule has 0 aliphatic rings. The van der Waals surface area contributed by atoms with Gasteiger partial charge < -0.3 is 5.11 Å². The van der Waals surface area contributed by atoms with E-state index >= 15 is 0 Å². The molecule has 0 amide bonds. The van der Waals surface area contributed by atoms with Gasteiger partial charge >= 0.3 is 5.97 Å². The average Bonchev–Trinajstić information content (AvgIpc) is 2.90. The molecule has 0 aliphatic heterocycles. The molecule has 0 saturated carbocycles. The highest BCUT2D eigenvalue weighted by Crippen LogP contribution is 2.34. The largest absolute Gasteiger partial charge is 0.480 e. The number of carboxylic acid groups (broad SMARTS) is 1. The van der Waals surface area contributed by atoms with E-state index in [4.69, 9.17) is 0 Å². The number of thioether (sulfide) groups is 2. The lowest BCUT2D eigenvalue weighted by Gasteiger charge is -2.21. The lowest BCUT2D eigenvalue weighted by molar-refractivity contribution is -0.136. The number of aromatic nitrogens is 1. The Hall–Kier alpha value is -0.200. The molecule has 0 aromatic carbocycles. The molecule has 0 radical (unpaired) electrons. The first-order valence-corrected chi connectivity index (χ1v) is 11.0. The first-order valence-electron chi connectivity index (χ1n) is 7.92. The highest BCUT2D eigenvalue weighted by atomic mass is 32.2. The Balaban J connectivity index is 2.46. The normalized spacial score (nSPS) is 14.0. The predicted molar refractivity (Wildman–Crippen MR) is 99.4 cm³/mol. The Morgan fingerprint density at radius 2 is 2.00 bits per heavy atom. The van der Waals surface area contributed by atoms with Crippen molar-refractivity contribution >= 4 is 40.8 Å². The van der Waals surface area contributed by atoms with Crippen molar-refractivity contribution in [2.45, 2.75) is 73.6 Å². The van der Waals surface area contributed by atoms with Crippen LogP contribution in [0.2, 0.25) is 0 Å². The fourth-order valence-electron chi connectivity index (χ4n) is 2.30. The smallest absolute Gasteiger partial charge is 0.318 e. The van der Waals surface area contributed by atoms with E-state index in [1.807, 2.05) is 18.6 Å². The highest BCUT2D eigenvalue weighted by molar-refractivity contribution is 8.05. The van der Waals surface area contributed by atoms with E-state index in [9.17, 15) is 9.90 Å². The zero-order valence-corrected chi connectivity index (χ0v) is 16.2. The average molecular weight is 362 g/mol. The second kappa shape index (κ2) is 11.4. The fourth-order valence-corrected chi connectivity index (χ4v) is 5.57. The molecule has 0 bridgehead atoms. The quantitative estimate of drug-likeness (QED) is 0.394. The molecule has 1 heterocycles. The van der Waals surface area contributed by atoms with Gasteiger partial charge in [-0.05, 0) is 19.6 Å². The third kappa shape index (κ3) is 7.38. The molecule has 0 aliphatic carbocycles. The van der Waals surface area contributed by atoms with Gasteiger partial charge in [0.2, 0.25) is 0 Å². The number of unbranched alkanes of at least 4 members (excludes halogenated alkanes) is 5. The maximum Gasteiger partial charge on any atom is 0.318 e. The molecule has 22 heavy (non-hydrogen) atoms. The molecule has 1 rings (SSSR count). The van der Waals surface area contributed by atoms with Gasteiger partial charge in [0.15, 0.2) is 4.34 Å². The molecular formula is C16H27NO2S3. The minimum absolute atomic E-state index is 0.151. The van der Waals surface area contributed by atoms with Crippen molar-refractivity contribution in [3.63, 3.8) is 0 Å². The second-order valence-corrected chi connectivity index (χ2v) is 8.79. The molecule has 126 valence electrons.